The van der Waals surface area contributed by atoms with Crippen LogP contribution >= 0.6 is 0 Å². The molecule has 3 rings (SSSR count). The summed E-state index contributed by atoms with van der Waals surface area (Å²) < 4.78 is 26.4. The fraction of sp³-hybridized carbons (Fsp3) is 0.421. The van der Waals surface area contributed by atoms with Gasteiger partial charge in [0.05, 0.1) is 25.5 Å². The predicted octanol–water partition coefficient (Wildman–Crippen LogP) is 3.86. The molecule has 1 fully saturated rings. The van der Waals surface area contributed by atoms with Crippen LogP contribution < -0.4 is 4.90 Å². The number of anilines is 1. The molecule has 132 valence electrons. The highest BCUT2D eigenvalue weighted by atomic mass is 19.1. The quantitative estimate of drug-likeness (QED) is 0.716. The number of benzene rings is 1. The van der Waals surface area contributed by atoms with E-state index in [0.717, 1.165) is 12.1 Å². The van der Waals surface area contributed by atoms with Crippen molar-refractivity contribution in [3.63, 3.8) is 0 Å². The Bertz CT molecular complexity index is 736. The second-order valence-electron chi connectivity index (χ2n) is 6.10. The molecule has 0 spiro atoms. The minimum absolute atomic E-state index is 0.201. The van der Waals surface area contributed by atoms with Gasteiger partial charge in [-0.15, -0.1) is 0 Å². The smallest absolute Gasteiger partial charge is 0.225 e. The van der Waals surface area contributed by atoms with Gasteiger partial charge in [-0.05, 0) is 24.8 Å². The van der Waals surface area contributed by atoms with Crippen LogP contribution in [0.2, 0.25) is 0 Å². The number of hydrogen-bond donors (Lipinski definition) is 0. The van der Waals surface area contributed by atoms with Gasteiger partial charge in [-0.25, -0.2) is 14.4 Å². The Hall–Kier alpha value is -2.37. The van der Waals surface area contributed by atoms with E-state index in [-0.39, 0.29) is 12.5 Å². The van der Waals surface area contributed by atoms with Crippen LogP contribution in [0.15, 0.2) is 35.6 Å². The Kier molecular flexibility index (Phi) is 5.68. The highest BCUT2D eigenvalue weighted by Crippen LogP contribution is 2.25. The van der Waals surface area contributed by atoms with Crippen LogP contribution in [0.1, 0.15) is 25.3 Å². The molecule has 1 aromatic heterocycles. The van der Waals surface area contributed by atoms with Crippen molar-refractivity contribution in [2.75, 3.05) is 31.2 Å². The molecule has 0 aliphatic carbocycles. The average molecular weight is 344 g/mol. The third kappa shape index (κ3) is 4.00. The summed E-state index contributed by atoms with van der Waals surface area (Å²) in [6.07, 6.45) is 5.33. The molecule has 4 nitrogen and oxygen atoms in total. The van der Waals surface area contributed by atoms with Crippen LogP contribution in [0, 0.1) is 5.82 Å². The first-order valence-corrected chi connectivity index (χ1v) is 8.65. The maximum absolute atomic E-state index is 14.4. The number of nitrogens with zero attached hydrogens (tertiary/aromatic N) is 4. The molecule has 1 saturated heterocycles. The Morgan fingerprint density at radius 3 is 2.60 bits per heavy atom. The van der Waals surface area contributed by atoms with Crippen molar-refractivity contribution in [2.24, 2.45) is 4.99 Å². The largest absolute Gasteiger partial charge is 0.330 e. The molecule has 0 N–H and O–H groups in total. The number of aromatic nitrogens is 2. The van der Waals surface area contributed by atoms with Gasteiger partial charge in [-0.1, -0.05) is 25.1 Å². The summed E-state index contributed by atoms with van der Waals surface area (Å²) >= 11 is 0. The number of aryl methyl sites for hydroxylation is 1. The number of halogens is 2. The molecular weight excluding hydrogens is 322 g/mol. The van der Waals surface area contributed by atoms with E-state index >= 15 is 0 Å². The van der Waals surface area contributed by atoms with Gasteiger partial charge in [0.25, 0.3) is 0 Å². The van der Waals surface area contributed by atoms with E-state index in [1.165, 1.54) is 0 Å². The molecule has 0 radical (unpaired) electrons. The van der Waals surface area contributed by atoms with E-state index in [1.54, 1.807) is 24.5 Å². The lowest BCUT2D eigenvalue weighted by Gasteiger charge is -2.32. The normalized spacial score (nSPS) is 13.7. The lowest BCUT2D eigenvalue weighted by atomic mass is 10.0. The molecule has 0 atom stereocenters. The summed E-state index contributed by atoms with van der Waals surface area (Å²) in [7, 11) is 0. The van der Waals surface area contributed by atoms with Gasteiger partial charge < -0.3 is 4.90 Å². The van der Waals surface area contributed by atoms with E-state index in [1.807, 2.05) is 17.9 Å². The summed E-state index contributed by atoms with van der Waals surface area (Å²) in [5.74, 6) is 0.423. The van der Waals surface area contributed by atoms with Crippen LogP contribution in [-0.2, 0) is 6.42 Å². The van der Waals surface area contributed by atoms with Gasteiger partial charge in [-0.2, -0.15) is 0 Å². The van der Waals surface area contributed by atoms with Crippen molar-refractivity contribution in [1.29, 1.82) is 0 Å². The zero-order valence-electron chi connectivity index (χ0n) is 14.4. The average Bonchev–Trinajstić information content (AvgIpc) is 2.61. The minimum Gasteiger partial charge on any atom is -0.330 e. The third-order valence-corrected chi connectivity index (χ3v) is 4.32. The molecule has 25 heavy (non-hydrogen) atoms. The minimum atomic E-state index is -0.279. The third-order valence-electron chi connectivity index (χ3n) is 4.32. The first-order chi connectivity index (χ1) is 12.2. The molecule has 1 aliphatic rings. The van der Waals surface area contributed by atoms with E-state index < -0.39 is 0 Å². The molecule has 0 saturated carbocycles. The number of hydrogen-bond acceptors (Lipinski definition) is 4. The number of rotatable bonds is 7. The van der Waals surface area contributed by atoms with Gasteiger partial charge in [0.1, 0.15) is 5.82 Å². The summed E-state index contributed by atoms with van der Waals surface area (Å²) in [6, 6.07) is 5.40. The Morgan fingerprint density at radius 2 is 1.92 bits per heavy atom. The molecular formula is C19H22F2N4. The molecule has 2 aromatic rings. The van der Waals surface area contributed by atoms with E-state index in [4.69, 9.17) is 0 Å². The molecule has 6 heteroatoms. The van der Waals surface area contributed by atoms with Gasteiger partial charge in [0.2, 0.25) is 5.95 Å². The van der Waals surface area contributed by atoms with Crippen LogP contribution in [0.5, 0.6) is 0 Å². The standard InChI is InChI=1S/C19H22F2N4/c1-2-14-6-5-7-17(18(14)21)15-10-23-19(24-11-15)25-12-16(13-25)22-9-4-3-8-20/h5-7,10-11H,2-4,8-9,12-13H2,1H3. The second kappa shape index (κ2) is 8.14. The maximum atomic E-state index is 14.4. The van der Waals surface area contributed by atoms with Gasteiger partial charge >= 0.3 is 0 Å². The van der Waals surface area contributed by atoms with Gasteiger partial charge in [0.15, 0.2) is 0 Å². The molecule has 1 aromatic carbocycles. The van der Waals surface area contributed by atoms with Crippen LogP contribution in [0.25, 0.3) is 11.1 Å². The molecule has 0 bridgehead atoms. The Balaban J connectivity index is 1.63. The Morgan fingerprint density at radius 1 is 1.16 bits per heavy atom. The van der Waals surface area contributed by atoms with Crippen molar-refractivity contribution < 1.29 is 8.78 Å². The van der Waals surface area contributed by atoms with E-state index in [0.29, 0.717) is 55.1 Å². The highest BCUT2D eigenvalue weighted by Gasteiger charge is 2.24. The molecule has 0 unspecified atom stereocenters. The van der Waals surface area contributed by atoms with Crippen molar-refractivity contribution in [2.45, 2.75) is 26.2 Å². The topological polar surface area (TPSA) is 41.4 Å². The second-order valence-corrected chi connectivity index (χ2v) is 6.10. The number of unbranched alkanes of at least 4 members (excludes halogenated alkanes) is 1. The summed E-state index contributed by atoms with van der Waals surface area (Å²) in [4.78, 5) is 15.2. The SMILES string of the molecule is CCc1cccc(-c2cnc(N3CC(=NCCCCF)C3)nc2)c1F. The first-order valence-electron chi connectivity index (χ1n) is 8.65. The predicted molar refractivity (Wildman–Crippen MR) is 96.5 cm³/mol. The van der Waals surface area contributed by atoms with Crippen molar-refractivity contribution in [3.8, 4) is 11.1 Å². The summed E-state index contributed by atoms with van der Waals surface area (Å²) in [5.41, 5.74) is 2.99. The van der Waals surface area contributed by atoms with Crippen molar-refractivity contribution in [1.82, 2.24) is 9.97 Å². The maximum Gasteiger partial charge on any atom is 0.225 e. The van der Waals surface area contributed by atoms with E-state index in [9.17, 15) is 8.78 Å². The molecule has 2 heterocycles. The zero-order chi connectivity index (χ0) is 17.6. The van der Waals surface area contributed by atoms with Crippen molar-refractivity contribution in [3.05, 3.63) is 42.0 Å². The van der Waals surface area contributed by atoms with Crippen LogP contribution in [-0.4, -0.2) is 42.0 Å². The molecule has 1 aliphatic heterocycles. The first kappa shape index (κ1) is 17.5. The number of alkyl halides is 1. The van der Waals surface area contributed by atoms with Gasteiger partial charge in [0, 0.05) is 30.1 Å². The fourth-order valence-corrected chi connectivity index (χ4v) is 2.78. The van der Waals surface area contributed by atoms with Crippen molar-refractivity contribution >= 4 is 11.7 Å². The summed E-state index contributed by atoms with van der Waals surface area (Å²) in [5, 5.41) is 0. The van der Waals surface area contributed by atoms with Crippen LogP contribution in [0.4, 0.5) is 14.7 Å². The monoisotopic (exact) mass is 344 g/mol. The zero-order valence-corrected chi connectivity index (χ0v) is 14.4. The number of aliphatic imine (C=N–C) groups is 1. The lowest BCUT2D eigenvalue weighted by Crippen LogP contribution is -2.48. The fourth-order valence-electron chi connectivity index (χ4n) is 2.78. The highest BCUT2D eigenvalue weighted by molar-refractivity contribution is 5.99. The summed E-state index contributed by atoms with van der Waals surface area (Å²) in [6.45, 7) is 3.74. The van der Waals surface area contributed by atoms with E-state index in [2.05, 4.69) is 15.0 Å². The van der Waals surface area contributed by atoms with Gasteiger partial charge in [-0.3, -0.25) is 9.38 Å². The van der Waals surface area contributed by atoms with Crippen LogP contribution in [0.3, 0.4) is 0 Å². The lowest BCUT2D eigenvalue weighted by molar-refractivity contribution is 0.464. The Labute approximate surface area is 146 Å². The molecule has 0 amide bonds.